The molecule has 0 bridgehead atoms. The topological polar surface area (TPSA) is 36.4 Å². The van der Waals surface area contributed by atoms with Crippen molar-refractivity contribution in [3.8, 4) is 0 Å². The maximum absolute atomic E-state index is 13.3. The predicted octanol–water partition coefficient (Wildman–Crippen LogP) is 3.32. The maximum atomic E-state index is 13.3. The highest BCUT2D eigenvalue weighted by Gasteiger charge is 2.39. The number of carbonyl (C=O) groups excluding carboxylic acids is 1. The Morgan fingerprint density at radius 2 is 1.92 bits per heavy atom. The fourth-order valence-corrected chi connectivity index (χ4v) is 4.56. The molecule has 0 N–H and O–H groups in total. The molecule has 24 heavy (non-hydrogen) atoms. The van der Waals surface area contributed by atoms with Crippen molar-refractivity contribution in [2.24, 2.45) is 0 Å². The van der Waals surface area contributed by atoms with Gasteiger partial charge in [-0.1, -0.05) is 25.1 Å². The Kier molecular flexibility index (Phi) is 4.23. The molecule has 2 aliphatic heterocycles. The van der Waals surface area contributed by atoms with Crippen LogP contribution in [0.5, 0.6) is 0 Å². The number of nitrogens with zero attached hydrogens (tertiary/aromatic N) is 3. The molecule has 0 unspecified atom stereocenters. The van der Waals surface area contributed by atoms with Crippen molar-refractivity contribution in [1.29, 1.82) is 0 Å². The number of pyridine rings is 1. The molecular formula is C20H25N3O. The Balaban J connectivity index is 1.65. The van der Waals surface area contributed by atoms with E-state index in [0.717, 1.165) is 42.4 Å². The average molecular weight is 323 g/mol. The van der Waals surface area contributed by atoms with E-state index in [-0.39, 0.29) is 5.91 Å². The van der Waals surface area contributed by atoms with Crippen LogP contribution in [0.2, 0.25) is 0 Å². The third-order valence-corrected chi connectivity index (χ3v) is 5.69. The van der Waals surface area contributed by atoms with Gasteiger partial charge in [-0.25, -0.2) is 0 Å². The highest BCUT2D eigenvalue weighted by atomic mass is 16.2. The Labute approximate surface area is 143 Å². The zero-order valence-electron chi connectivity index (χ0n) is 14.3. The summed E-state index contributed by atoms with van der Waals surface area (Å²) >= 11 is 0. The summed E-state index contributed by atoms with van der Waals surface area (Å²) < 4.78 is 0. The summed E-state index contributed by atoms with van der Waals surface area (Å²) in [6, 6.07) is 10.8. The molecule has 2 fully saturated rings. The van der Waals surface area contributed by atoms with Crippen LogP contribution >= 0.6 is 0 Å². The van der Waals surface area contributed by atoms with Crippen LogP contribution in [0.3, 0.4) is 0 Å². The molecule has 4 nitrogen and oxygen atoms in total. The van der Waals surface area contributed by atoms with E-state index in [1.807, 2.05) is 30.3 Å². The standard InChI is InChI=1S/C20H25N3O/c1-2-22-13-5-10-17(22)18-11-6-14-23(18)20(24)16-9-3-7-15-8-4-12-21-19(15)16/h3-4,7-9,12,17-18H,2,5-6,10-11,13-14H2,1H3/t17-,18+/m0/s1. The van der Waals surface area contributed by atoms with Gasteiger partial charge in [-0.15, -0.1) is 0 Å². The largest absolute Gasteiger partial charge is 0.334 e. The minimum absolute atomic E-state index is 0.157. The molecule has 0 radical (unpaired) electrons. The van der Waals surface area contributed by atoms with Gasteiger partial charge in [0.1, 0.15) is 0 Å². The van der Waals surface area contributed by atoms with Gasteiger partial charge in [-0.3, -0.25) is 14.7 Å². The van der Waals surface area contributed by atoms with Gasteiger partial charge in [0.05, 0.1) is 11.1 Å². The second kappa shape index (κ2) is 6.52. The number of likely N-dealkylation sites (N-methyl/N-ethyl adjacent to an activating group) is 1. The van der Waals surface area contributed by atoms with E-state index in [1.165, 1.54) is 19.4 Å². The number of fused-ring (bicyclic) bond motifs is 1. The summed E-state index contributed by atoms with van der Waals surface area (Å²) in [5.41, 5.74) is 1.58. The van der Waals surface area contributed by atoms with Gasteiger partial charge in [0.2, 0.25) is 0 Å². The molecule has 4 rings (SSSR count). The minimum Gasteiger partial charge on any atom is -0.334 e. The molecular weight excluding hydrogens is 298 g/mol. The first-order valence-electron chi connectivity index (χ1n) is 9.18. The molecule has 1 amide bonds. The third kappa shape index (κ3) is 2.59. The lowest BCUT2D eigenvalue weighted by atomic mass is 10.0. The van der Waals surface area contributed by atoms with Crippen LogP contribution in [0.15, 0.2) is 36.5 Å². The first-order valence-corrected chi connectivity index (χ1v) is 9.18. The number of hydrogen-bond acceptors (Lipinski definition) is 3. The number of rotatable bonds is 3. The van der Waals surface area contributed by atoms with E-state index >= 15 is 0 Å². The zero-order valence-corrected chi connectivity index (χ0v) is 14.3. The molecule has 0 spiro atoms. The van der Waals surface area contributed by atoms with Gasteiger partial charge in [0, 0.05) is 30.2 Å². The zero-order chi connectivity index (χ0) is 16.5. The quantitative estimate of drug-likeness (QED) is 0.869. The molecule has 0 saturated carbocycles. The van der Waals surface area contributed by atoms with Gasteiger partial charge in [-0.05, 0) is 50.9 Å². The summed E-state index contributed by atoms with van der Waals surface area (Å²) in [7, 11) is 0. The van der Waals surface area contributed by atoms with Crippen LogP contribution in [-0.2, 0) is 0 Å². The van der Waals surface area contributed by atoms with Crippen molar-refractivity contribution in [1.82, 2.24) is 14.8 Å². The SMILES string of the molecule is CCN1CCC[C@H]1[C@H]1CCCN1C(=O)c1cccc2cccnc12. The van der Waals surface area contributed by atoms with Gasteiger partial charge >= 0.3 is 0 Å². The molecule has 1 aromatic carbocycles. The molecule has 3 heterocycles. The van der Waals surface area contributed by atoms with Crippen molar-refractivity contribution in [3.63, 3.8) is 0 Å². The number of likely N-dealkylation sites (tertiary alicyclic amines) is 2. The lowest BCUT2D eigenvalue weighted by Crippen LogP contribution is -2.48. The Hall–Kier alpha value is -1.94. The van der Waals surface area contributed by atoms with E-state index in [2.05, 4.69) is 21.7 Å². The Morgan fingerprint density at radius 1 is 1.12 bits per heavy atom. The summed E-state index contributed by atoms with van der Waals surface area (Å²) in [4.78, 5) is 22.4. The summed E-state index contributed by atoms with van der Waals surface area (Å²) in [6.07, 6.45) is 6.49. The number of para-hydroxylation sites is 1. The lowest BCUT2D eigenvalue weighted by Gasteiger charge is -2.34. The third-order valence-electron chi connectivity index (χ3n) is 5.69. The van der Waals surface area contributed by atoms with Crippen LogP contribution in [0.1, 0.15) is 43.0 Å². The molecule has 2 atom stereocenters. The monoisotopic (exact) mass is 323 g/mol. The van der Waals surface area contributed by atoms with Crippen molar-refractivity contribution in [2.45, 2.75) is 44.7 Å². The highest BCUT2D eigenvalue weighted by molar-refractivity contribution is 6.05. The van der Waals surface area contributed by atoms with E-state index < -0.39 is 0 Å². The fourth-order valence-electron chi connectivity index (χ4n) is 4.56. The van der Waals surface area contributed by atoms with Gasteiger partial charge in [-0.2, -0.15) is 0 Å². The first kappa shape index (κ1) is 15.6. The normalized spacial score (nSPS) is 24.8. The van der Waals surface area contributed by atoms with Crippen LogP contribution < -0.4 is 0 Å². The van der Waals surface area contributed by atoms with E-state index in [1.54, 1.807) is 6.20 Å². The molecule has 2 aliphatic rings. The van der Waals surface area contributed by atoms with Gasteiger partial charge in [0.25, 0.3) is 5.91 Å². The second-order valence-corrected chi connectivity index (χ2v) is 6.93. The number of carbonyl (C=O) groups is 1. The highest BCUT2D eigenvalue weighted by Crippen LogP contribution is 2.31. The molecule has 126 valence electrons. The minimum atomic E-state index is 0.157. The van der Waals surface area contributed by atoms with Gasteiger partial charge in [0.15, 0.2) is 0 Å². The van der Waals surface area contributed by atoms with Crippen LogP contribution in [-0.4, -0.2) is 52.4 Å². The molecule has 2 aromatic rings. The van der Waals surface area contributed by atoms with E-state index in [9.17, 15) is 4.79 Å². The summed E-state index contributed by atoms with van der Waals surface area (Å²) in [5, 5.41) is 1.04. The number of hydrogen-bond donors (Lipinski definition) is 0. The Morgan fingerprint density at radius 3 is 2.79 bits per heavy atom. The fraction of sp³-hybridized carbons (Fsp3) is 0.500. The van der Waals surface area contributed by atoms with Crippen LogP contribution in [0, 0.1) is 0 Å². The van der Waals surface area contributed by atoms with Gasteiger partial charge < -0.3 is 4.90 Å². The Bertz CT molecular complexity index is 739. The van der Waals surface area contributed by atoms with Crippen LogP contribution in [0.4, 0.5) is 0 Å². The van der Waals surface area contributed by atoms with Crippen molar-refractivity contribution >= 4 is 16.8 Å². The number of aromatic nitrogens is 1. The maximum Gasteiger partial charge on any atom is 0.256 e. The van der Waals surface area contributed by atoms with Crippen LogP contribution in [0.25, 0.3) is 10.9 Å². The number of amides is 1. The first-order chi connectivity index (χ1) is 11.8. The number of benzene rings is 1. The second-order valence-electron chi connectivity index (χ2n) is 6.93. The van der Waals surface area contributed by atoms with E-state index in [0.29, 0.717) is 12.1 Å². The average Bonchev–Trinajstić information content (AvgIpc) is 3.28. The molecule has 0 aliphatic carbocycles. The summed E-state index contributed by atoms with van der Waals surface area (Å²) in [5.74, 6) is 0.157. The van der Waals surface area contributed by atoms with Crippen molar-refractivity contribution < 1.29 is 4.79 Å². The molecule has 4 heteroatoms. The van der Waals surface area contributed by atoms with E-state index in [4.69, 9.17) is 0 Å². The molecule has 1 aromatic heterocycles. The lowest BCUT2D eigenvalue weighted by molar-refractivity contribution is 0.0651. The predicted molar refractivity (Wildman–Crippen MR) is 96.1 cm³/mol. The van der Waals surface area contributed by atoms with Crippen molar-refractivity contribution in [2.75, 3.05) is 19.6 Å². The molecule has 2 saturated heterocycles. The van der Waals surface area contributed by atoms with Crippen molar-refractivity contribution in [3.05, 3.63) is 42.1 Å². The summed E-state index contributed by atoms with van der Waals surface area (Å²) in [6.45, 7) is 5.36. The smallest absolute Gasteiger partial charge is 0.256 e.